The van der Waals surface area contributed by atoms with Crippen LogP contribution in [0.2, 0.25) is 0 Å². The van der Waals surface area contributed by atoms with E-state index in [-0.39, 0.29) is 12.1 Å². The molecule has 1 aliphatic rings. The van der Waals surface area contributed by atoms with Crippen LogP contribution in [0.3, 0.4) is 0 Å². The summed E-state index contributed by atoms with van der Waals surface area (Å²) in [5, 5.41) is 9.47. The molecule has 0 aliphatic carbocycles. The summed E-state index contributed by atoms with van der Waals surface area (Å²) in [7, 11) is 1.81. The number of carbonyl (C=O) groups is 2. The minimum atomic E-state index is -0.776. The molecular formula is C15H28N2O3. The van der Waals surface area contributed by atoms with Crippen molar-refractivity contribution in [2.75, 3.05) is 20.1 Å². The summed E-state index contributed by atoms with van der Waals surface area (Å²) in [5.41, 5.74) is -0.761. The van der Waals surface area contributed by atoms with Gasteiger partial charge in [-0.25, -0.2) is 4.79 Å². The molecule has 2 unspecified atom stereocenters. The maximum absolute atomic E-state index is 12.5. The summed E-state index contributed by atoms with van der Waals surface area (Å²) in [6.45, 7) is 7.03. The van der Waals surface area contributed by atoms with Crippen molar-refractivity contribution < 1.29 is 14.7 Å². The summed E-state index contributed by atoms with van der Waals surface area (Å²) in [5.74, 6) is -0.776. The molecule has 1 N–H and O–H groups in total. The number of aliphatic carboxylic acids is 1. The second-order valence-corrected chi connectivity index (χ2v) is 6.00. The minimum Gasteiger partial charge on any atom is -0.481 e. The summed E-state index contributed by atoms with van der Waals surface area (Å²) in [4.78, 5) is 27.5. The molecule has 0 radical (unpaired) electrons. The fourth-order valence-electron chi connectivity index (χ4n) is 2.93. The van der Waals surface area contributed by atoms with Crippen LogP contribution >= 0.6 is 0 Å². The summed E-state index contributed by atoms with van der Waals surface area (Å²) >= 11 is 0. The lowest BCUT2D eigenvalue weighted by atomic mass is 9.78. The van der Waals surface area contributed by atoms with Gasteiger partial charge in [-0.05, 0) is 32.6 Å². The van der Waals surface area contributed by atoms with Crippen molar-refractivity contribution >= 4 is 12.0 Å². The average molecular weight is 284 g/mol. The lowest BCUT2D eigenvalue weighted by Gasteiger charge is -2.41. The Bertz CT molecular complexity index is 359. The molecule has 0 spiro atoms. The van der Waals surface area contributed by atoms with E-state index in [4.69, 9.17) is 0 Å². The molecule has 5 heteroatoms. The van der Waals surface area contributed by atoms with Crippen LogP contribution in [0.4, 0.5) is 4.79 Å². The Balaban J connectivity index is 2.76. The molecule has 0 aromatic rings. The quantitative estimate of drug-likeness (QED) is 0.844. The summed E-state index contributed by atoms with van der Waals surface area (Å²) in [6.07, 6.45) is 4.00. The van der Waals surface area contributed by atoms with Gasteiger partial charge in [0.2, 0.25) is 0 Å². The number of hydrogen-bond donors (Lipinski definition) is 1. The van der Waals surface area contributed by atoms with Crippen LogP contribution in [0.1, 0.15) is 52.9 Å². The third-order valence-corrected chi connectivity index (χ3v) is 4.65. The normalized spacial score (nSPS) is 24.3. The zero-order valence-corrected chi connectivity index (χ0v) is 13.2. The molecule has 2 atom stereocenters. The number of carboxylic acids is 1. The molecule has 1 fully saturated rings. The lowest BCUT2D eigenvalue weighted by molar-refractivity contribution is -0.152. The van der Waals surface area contributed by atoms with Crippen LogP contribution in [0.15, 0.2) is 0 Å². The molecule has 0 bridgehead atoms. The Morgan fingerprint density at radius 1 is 1.40 bits per heavy atom. The van der Waals surface area contributed by atoms with Gasteiger partial charge < -0.3 is 14.9 Å². The number of urea groups is 1. The van der Waals surface area contributed by atoms with Crippen LogP contribution in [0.25, 0.3) is 0 Å². The number of rotatable bonds is 5. The Labute approximate surface area is 121 Å². The van der Waals surface area contributed by atoms with Gasteiger partial charge in [0.15, 0.2) is 0 Å². The second-order valence-electron chi connectivity index (χ2n) is 6.00. The molecule has 0 aromatic carbocycles. The van der Waals surface area contributed by atoms with Gasteiger partial charge >= 0.3 is 12.0 Å². The summed E-state index contributed by atoms with van der Waals surface area (Å²) in [6, 6.07) is 0.153. The van der Waals surface area contributed by atoms with Crippen molar-refractivity contribution in [2.45, 2.75) is 58.9 Å². The second kappa shape index (κ2) is 6.95. The van der Waals surface area contributed by atoms with E-state index in [1.54, 1.807) is 9.80 Å². The molecule has 20 heavy (non-hydrogen) atoms. The number of piperidine rings is 1. The standard InChI is InChI=1S/C15H28N2O3/c1-5-8-12(3)16(4)14(20)17-10-7-9-15(6-2,11-17)13(18)19/h12H,5-11H2,1-4H3,(H,18,19). The van der Waals surface area contributed by atoms with E-state index in [2.05, 4.69) is 6.92 Å². The first kappa shape index (κ1) is 16.8. The van der Waals surface area contributed by atoms with Crippen molar-refractivity contribution in [3.8, 4) is 0 Å². The molecule has 1 aliphatic heterocycles. The molecular weight excluding hydrogens is 256 g/mol. The summed E-state index contributed by atoms with van der Waals surface area (Å²) < 4.78 is 0. The van der Waals surface area contributed by atoms with Crippen molar-refractivity contribution in [1.29, 1.82) is 0 Å². The van der Waals surface area contributed by atoms with Crippen LogP contribution in [-0.2, 0) is 4.79 Å². The third-order valence-electron chi connectivity index (χ3n) is 4.65. The van der Waals surface area contributed by atoms with E-state index in [1.807, 2.05) is 20.9 Å². The number of amides is 2. The number of nitrogens with zero attached hydrogens (tertiary/aromatic N) is 2. The number of likely N-dealkylation sites (tertiary alicyclic amines) is 1. The Hall–Kier alpha value is -1.26. The number of carbonyl (C=O) groups excluding carboxylic acids is 1. The minimum absolute atomic E-state index is 0.0373. The first-order chi connectivity index (χ1) is 9.38. The SMILES string of the molecule is CCCC(C)N(C)C(=O)N1CCCC(CC)(C(=O)O)C1. The van der Waals surface area contributed by atoms with E-state index in [0.717, 1.165) is 19.3 Å². The maximum Gasteiger partial charge on any atom is 0.320 e. The zero-order chi connectivity index (χ0) is 15.3. The van der Waals surface area contributed by atoms with E-state index >= 15 is 0 Å². The van der Waals surface area contributed by atoms with Crippen molar-refractivity contribution in [1.82, 2.24) is 9.80 Å². The third kappa shape index (κ3) is 3.44. The van der Waals surface area contributed by atoms with Crippen LogP contribution < -0.4 is 0 Å². The van der Waals surface area contributed by atoms with E-state index < -0.39 is 11.4 Å². The smallest absolute Gasteiger partial charge is 0.320 e. The first-order valence-corrected chi connectivity index (χ1v) is 7.63. The molecule has 1 rings (SSSR count). The van der Waals surface area contributed by atoms with Gasteiger partial charge in [-0.1, -0.05) is 20.3 Å². The van der Waals surface area contributed by atoms with Crippen LogP contribution in [0, 0.1) is 5.41 Å². The molecule has 5 nitrogen and oxygen atoms in total. The van der Waals surface area contributed by atoms with Gasteiger partial charge in [0.05, 0.1) is 5.41 Å². The van der Waals surface area contributed by atoms with Crippen LogP contribution in [-0.4, -0.2) is 53.1 Å². The Kier molecular flexibility index (Phi) is 5.84. The Morgan fingerprint density at radius 2 is 2.05 bits per heavy atom. The predicted octanol–water partition coefficient (Wildman–Crippen LogP) is 2.80. The highest BCUT2D eigenvalue weighted by Crippen LogP contribution is 2.34. The van der Waals surface area contributed by atoms with Crippen molar-refractivity contribution in [3.63, 3.8) is 0 Å². The van der Waals surface area contributed by atoms with E-state index in [1.165, 1.54) is 0 Å². The van der Waals surface area contributed by atoms with Gasteiger partial charge in [-0.3, -0.25) is 4.79 Å². The highest BCUT2D eigenvalue weighted by Gasteiger charge is 2.42. The number of hydrogen-bond acceptors (Lipinski definition) is 2. The van der Waals surface area contributed by atoms with E-state index in [0.29, 0.717) is 25.9 Å². The highest BCUT2D eigenvalue weighted by molar-refractivity contribution is 5.78. The zero-order valence-electron chi connectivity index (χ0n) is 13.2. The van der Waals surface area contributed by atoms with Gasteiger partial charge in [-0.15, -0.1) is 0 Å². The maximum atomic E-state index is 12.5. The van der Waals surface area contributed by atoms with Crippen molar-refractivity contribution in [2.24, 2.45) is 5.41 Å². The molecule has 2 amide bonds. The molecule has 116 valence electrons. The van der Waals surface area contributed by atoms with Gasteiger partial charge in [0, 0.05) is 26.2 Å². The van der Waals surface area contributed by atoms with Gasteiger partial charge in [0.25, 0.3) is 0 Å². The molecule has 1 saturated heterocycles. The highest BCUT2D eigenvalue weighted by atomic mass is 16.4. The van der Waals surface area contributed by atoms with Crippen LogP contribution in [0.5, 0.6) is 0 Å². The topological polar surface area (TPSA) is 60.9 Å². The average Bonchev–Trinajstić information content (AvgIpc) is 2.45. The predicted molar refractivity (Wildman–Crippen MR) is 78.7 cm³/mol. The number of carboxylic acid groups (broad SMARTS) is 1. The Morgan fingerprint density at radius 3 is 2.55 bits per heavy atom. The lowest BCUT2D eigenvalue weighted by Crippen LogP contribution is -2.54. The van der Waals surface area contributed by atoms with Crippen molar-refractivity contribution in [3.05, 3.63) is 0 Å². The van der Waals surface area contributed by atoms with E-state index in [9.17, 15) is 14.7 Å². The molecule has 0 saturated carbocycles. The fraction of sp³-hybridized carbons (Fsp3) is 0.867. The first-order valence-electron chi connectivity index (χ1n) is 7.63. The monoisotopic (exact) mass is 284 g/mol. The fourth-order valence-corrected chi connectivity index (χ4v) is 2.93. The molecule has 1 heterocycles. The van der Waals surface area contributed by atoms with Gasteiger partial charge in [-0.2, -0.15) is 0 Å². The largest absolute Gasteiger partial charge is 0.481 e. The van der Waals surface area contributed by atoms with Gasteiger partial charge in [0.1, 0.15) is 0 Å². The molecule has 0 aromatic heterocycles.